The second-order valence-electron chi connectivity index (χ2n) is 7.11. The maximum absolute atomic E-state index is 13.0. The molecule has 136 valence electrons. The number of hydrogen-bond acceptors (Lipinski definition) is 3. The van der Waals surface area contributed by atoms with Gasteiger partial charge in [0, 0.05) is 24.7 Å². The van der Waals surface area contributed by atoms with Gasteiger partial charge in [-0.05, 0) is 75.9 Å². The van der Waals surface area contributed by atoms with Crippen LogP contribution in [0.1, 0.15) is 48.9 Å². The smallest absolute Gasteiger partial charge is 0.254 e. The van der Waals surface area contributed by atoms with E-state index in [1.807, 2.05) is 24.3 Å². The highest BCUT2D eigenvalue weighted by molar-refractivity contribution is 5.94. The molecule has 2 aliphatic rings. The third-order valence-corrected chi connectivity index (χ3v) is 5.33. The van der Waals surface area contributed by atoms with Gasteiger partial charge in [0.25, 0.3) is 5.91 Å². The Labute approximate surface area is 151 Å². The lowest BCUT2D eigenvalue weighted by Crippen LogP contribution is -2.45. The molecule has 0 bridgehead atoms. The Morgan fingerprint density at radius 3 is 2.56 bits per heavy atom. The second-order valence-corrected chi connectivity index (χ2v) is 7.11. The van der Waals surface area contributed by atoms with E-state index in [1.165, 1.54) is 32.4 Å². The quantitative estimate of drug-likeness (QED) is 0.708. The topological polar surface area (TPSA) is 32.8 Å². The van der Waals surface area contributed by atoms with Crippen LogP contribution in [0.3, 0.4) is 0 Å². The van der Waals surface area contributed by atoms with Crippen LogP contribution in [-0.2, 0) is 0 Å². The fraction of sp³-hybridized carbons (Fsp3) is 0.571. The summed E-state index contributed by atoms with van der Waals surface area (Å²) >= 11 is 0. The molecule has 1 amide bonds. The fourth-order valence-electron chi connectivity index (χ4n) is 3.92. The first-order chi connectivity index (χ1) is 12.3. The highest BCUT2D eigenvalue weighted by Crippen LogP contribution is 2.24. The van der Waals surface area contributed by atoms with Crippen LogP contribution in [0.4, 0.5) is 0 Å². The molecule has 4 heteroatoms. The molecule has 2 heterocycles. The predicted octanol–water partition coefficient (Wildman–Crippen LogP) is 3.73. The average molecular weight is 342 g/mol. The van der Waals surface area contributed by atoms with E-state index in [4.69, 9.17) is 4.74 Å². The normalized spacial score (nSPS) is 21.3. The van der Waals surface area contributed by atoms with Crippen LogP contribution in [0.2, 0.25) is 0 Å². The predicted molar refractivity (Wildman–Crippen MR) is 101 cm³/mol. The Kier molecular flexibility index (Phi) is 6.51. The van der Waals surface area contributed by atoms with Gasteiger partial charge in [-0.1, -0.05) is 12.7 Å². The van der Waals surface area contributed by atoms with Crippen molar-refractivity contribution in [3.05, 3.63) is 42.5 Å². The number of carbonyl (C=O) groups excluding carboxylic acids is 1. The van der Waals surface area contributed by atoms with E-state index in [2.05, 4.69) is 16.4 Å². The van der Waals surface area contributed by atoms with E-state index in [0.717, 1.165) is 43.7 Å². The Hall–Kier alpha value is -1.81. The molecule has 0 spiro atoms. The molecule has 2 saturated heterocycles. The lowest BCUT2D eigenvalue weighted by molar-refractivity contribution is 0.0588. The molecule has 1 aromatic carbocycles. The highest BCUT2D eigenvalue weighted by Gasteiger charge is 2.28. The number of likely N-dealkylation sites (tertiary alicyclic amines) is 2. The van der Waals surface area contributed by atoms with Crippen molar-refractivity contribution in [2.75, 3.05) is 32.8 Å². The summed E-state index contributed by atoms with van der Waals surface area (Å²) in [6, 6.07) is 7.90. The van der Waals surface area contributed by atoms with Crippen LogP contribution in [0.25, 0.3) is 0 Å². The van der Waals surface area contributed by atoms with E-state index in [9.17, 15) is 4.79 Å². The molecule has 0 N–H and O–H groups in total. The van der Waals surface area contributed by atoms with Gasteiger partial charge in [0.2, 0.25) is 0 Å². The lowest BCUT2D eigenvalue weighted by atomic mass is 9.98. The van der Waals surface area contributed by atoms with E-state index in [0.29, 0.717) is 12.6 Å². The third kappa shape index (κ3) is 4.85. The molecule has 4 nitrogen and oxygen atoms in total. The Morgan fingerprint density at radius 1 is 1.12 bits per heavy atom. The molecule has 2 fully saturated rings. The van der Waals surface area contributed by atoms with Gasteiger partial charge in [0.15, 0.2) is 0 Å². The number of hydrogen-bond donors (Lipinski definition) is 0. The fourth-order valence-corrected chi connectivity index (χ4v) is 3.92. The molecule has 0 saturated carbocycles. The van der Waals surface area contributed by atoms with Crippen molar-refractivity contribution in [1.29, 1.82) is 0 Å². The van der Waals surface area contributed by atoms with Crippen molar-refractivity contribution >= 4 is 5.91 Å². The minimum absolute atomic E-state index is 0.168. The average Bonchev–Trinajstić information content (AvgIpc) is 3.18. The van der Waals surface area contributed by atoms with E-state index < -0.39 is 0 Å². The molecule has 1 atom stereocenters. The molecule has 1 aromatic rings. The molecular weight excluding hydrogens is 312 g/mol. The van der Waals surface area contributed by atoms with Gasteiger partial charge < -0.3 is 14.5 Å². The molecule has 3 rings (SSSR count). The Balaban J connectivity index is 1.60. The van der Waals surface area contributed by atoms with E-state index in [-0.39, 0.29) is 5.91 Å². The van der Waals surface area contributed by atoms with Gasteiger partial charge in [0.1, 0.15) is 12.4 Å². The third-order valence-electron chi connectivity index (χ3n) is 5.33. The van der Waals surface area contributed by atoms with Gasteiger partial charge in [-0.2, -0.15) is 0 Å². The molecule has 25 heavy (non-hydrogen) atoms. The van der Waals surface area contributed by atoms with Crippen molar-refractivity contribution in [3.8, 4) is 5.75 Å². The van der Waals surface area contributed by atoms with Crippen LogP contribution >= 0.6 is 0 Å². The first-order valence-corrected chi connectivity index (χ1v) is 9.65. The van der Waals surface area contributed by atoms with Gasteiger partial charge in [-0.3, -0.25) is 4.79 Å². The minimum Gasteiger partial charge on any atom is -0.490 e. The molecule has 0 aromatic heterocycles. The lowest BCUT2D eigenvalue weighted by Gasteiger charge is -2.36. The number of piperidine rings is 1. The minimum atomic E-state index is 0.168. The number of carbonyl (C=O) groups is 1. The zero-order valence-corrected chi connectivity index (χ0v) is 15.2. The monoisotopic (exact) mass is 342 g/mol. The summed E-state index contributed by atoms with van der Waals surface area (Å²) in [7, 11) is 0. The zero-order valence-electron chi connectivity index (χ0n) is 15.2. The van der Waals surface area contributed by atoms with Crippen LogP contribution in [-0.4, -0.2) is 54.5 Å². The Bertz CT molecular complexity index is 564. The van der Waals surface area contributed by atoms with Crippen LogP contribution in [0.5, 0.6) is 5.75 Å². The van der Waals surface area contributed by atoms with Gasteiger partial charge in [0.05, 0.1) is 0 Å². The van der Waals surface area contributed by atoms with E-state index in [1.54, 1.807) is 6.08 Å². The van der Waals surface area contributed by atoms with Crippen molar-refractivity contribution < 1.29 is 9.53 Å². The van der Waals surface area contributed by atoms with Crippen molar-refractivity contribution in [3.63, 3.8) is 0 Å². The van der Waals surface area contributed by atoms with E-state index >= 15 is 0 Å². The van der Waals surface area contributed by atoms with Crippen LogP contribution in [0, 0.1) is 0 Å². The molecule has 2 aliphatic heterocycles. The summed E-state index contributed by atoms with van der Waals surface area (Å²) in [5, 5.41) is 0. The summed E-state index contributed by atoms with van der Waals surface area (Å²) in [4.78, 5) is 17.6. The van der Waals surface area contributed by atoms with Gasteiger partial charge in [-0.15, -0.1) is 0 Å². The second kappa shape index (κ2) is 9.04. The zero-order chi connectivity index (χ0) is 17.5. The molecule has 0 aliphatic carbocycles. The number of rotatable bonds is 7. The SMILES string of the molecule is C=CCOc1ccc(C(=O)N2CCCC[C@H]2CCN2CCCC2)cc1. The number of nitrogens with zero attached hydrogens (tertiary/aromatic N) is 2. The van der Waals surface area contributed by atoms with Crippen molar-refractivity contribution in [2.24, 2.45) is 0 Å². The first kappa shape index (κ1) is 18.0. The maximum atomic E-state index is 13.0. The standard InChI is InChI=1S/C21H30N2O2/c1-2-17-25-20-10-8-18(9-11-20)21(24)23-15-4-3-7-19(23)12-16-22-13-5-6-14-22/h2,8-11,19H,1,3-7,12-17H2/t19-/m0/s1. The van der Waals surface area contributed by atoms with Gasteiger partial charge >= 0.3 is 0 Å². The van der Waals surface area contributed by atoms with Crippen molar-refractivity contribution in [1.82, 2.24) is 9.80 Å². The molecule has 0 unspecified atom stereocenters. The molecule has 0 radical (unpaired) electrons. The van der Waals surface area contributed by atoms with Crippen LogP contribution < -0.4 is 4.74 Å². The summed E-state index contributed by atoms with van der Waals surface area (Å²) in [5.41, 5.74) is 0.763. The summed E-state index contributed by atoms with van der Waals surface area (Å²) in [5.74, 6) is 0.946. The number of benzene rings is 1. The summed E-state index contributed by atoms with van der Waals surface area (Å²) < 4.78 is 5.50. The highest BCUT2D eigenvalue weighted by atomic mass is 16.5. The van der Waals surface area contributed by atoms with Crippen LogP contribution in [0.15, 0.2) is 36.9 Å². The Morgan fingerprint density at radius 2 is 1.84 bits per heavy atom. The van der Waals surface area contributed by atoms with Gasteiger partial charge in [-0.25, -0.2) is 0 Å². The first-order valence-electron chi connectivity index (χ1n) is 9.65. The number of amides is 1. The largest absolute Gasteiger partial charge is 0.490 e. The van der Waals surface area contributed by atoms with Crippen molar-refractivity contribution in [2.45, 2.75) is 44.6 Å². The maximum Gasteiger partial charge on any atom is 0.254 e. The summed E-state index contributed by atoms with van der Waals surface area (Å²) in [6.45, 7) is 8.60. The number of ether oxygens (including phenoxy) is 1. The summed E-state index contributed by atoms with van der Waals surface area (Å²) in [6.07, 6.45) is 8.97. The molecular formula is C21H30N2O2.